The van der Waals surface area contributed by atoms with Crippen LogP contribution in [0.15, 0.2) is 54.6 Å². The van der Waals surface area contributed by atoms with Gasteiger partial charge in [-0.25, -0.2) is 13.2 Å². The van der Waals surface area contributed by atoms with Crippen LogP contribution in [0.5, 0.6) is 0 Å². The Morgan fingerprint density at radius 2 is 0.800 bits per heavy atom. The van der Waals surface area contributed by atoms with E-state index >= 15 is 0 Å². The summed E-state index contributed by atoms with van der Waals surface area (Å²) < 4.78 is 42.4. The molecule has 0 bridgehead atoms. The summed E-state index contributed by atoms with van der Waals surface area (Å²) in [6.45, 7) is 0. The van der Waals surface area contributed by atoms with E-state index < -0.39 is 0 Å². The van der Waals surface area contributed by atoms with Gasteiger partial charge in [0.1, 0.15) is 17.5 Å². The van der Waals surface area contributed by atoms with Crippen molar-refractivity contribution in [1.29, 1.82) is 0 Å². The zero-order chi connectivity index (χ0) is 20.1. The molecule has 0 aliphatic rings. The van der Waals surface area contributed by atoms with Crippen LogP contribution < -0.4 is 0 Å². The van der Waals surface area contributed by atoms with Gasteiger partial charge in [-0.3, -0.25) is 0 Å². The summed E-state index contributed by atoms with van der Waals surface area (Å²) in [5.41, 5.74) is 4.66. The van der Waals surface area contributed by atoms with Gasteiger partial charge in [0.05, 0.1) is 16.6 Å². The van der Waals surface area contributed by atoms with Crippen molar-refractivity contribution in [3.63, 3.8) is 0 Å². The van der Waals surface area contributed by atoms with Gasteiger partial charge in [0.15, 0.2) is 0 Å². The smallest absolute Gasteiger partial charge is 0.123 e. The molecule has 0 fully saturated rings. The Bertz CT molecular complexity index is 1840. The lowest BCUT2D eigenvalue weighted by molar-refractivity contribution is 0.629. The van der Waals surface area contributed by atoms with Crippen LogP contribution in [0.4, 0.5) is 13.2 Å². The van der Waals surface area contributed by atoms with Gasteiger partial charge < -0.3 is 15.0 Å². The Morgan fingerprint density at radius 1 is 0.433 bits per heavy atom. The second-order valence-electron chi connectivity index (χ2n) is 7.69. The first-order chi connectivity index (χ1) is 14.6. The molecule has 0 atom stereocenters. The molecule has 3 aromatic heterocycles. The zero-order valence-electron chi connectivity index (χ0n) is 15.3. The molecule has 0 amide bonds. The molecule has 0 radical (unpaired) electrons. The largest absolute Gasteiger partial charge is 0.354 e. The highest BCUT2D eigenvalue weighted by Crippen LogP contribution is 2.44. The maximum Gasteiger partial charge on any atom is 0.123 e. The third-order valence-electron chi connectivity index (χ3n) is 6.03. The lowest BCUT2D eigenvalue weighted by Crippen LogP contribution is -1.78. The van der Waals surface area contributed by atoms with Crippen LogP contribution in [0.3, 0.4) is 0 Å². The molecule has 6 heteroatoms. The highest BCUT2D eigenvalue weighted by molar-refractivity contribution is 6.39. The fourth-order valence-electron chi connectivity index (χ4n) is 4.83. The van der Waals surface area contributed by atoms with Gasteiger partial charge in [0, 0.05) is 48.9 Å². The third-order valence-corrected chi connectivity index (χ3v) is 6.03. The van der Waals surface area contributed by atoms with Crippen LogP contribution in [0.1, 0.15) is 0 Å². The Kier molecular flexibility index (Phi) is 2.74. The molecule has 3 heterocycles. The van der Waals surface area contributed by atoms with E-state index in [0.29, 0.717) is 10.8 Å². The monoisotopic (exact) mass is 399 g/mol. The number of hydrogen-bond acceptors (Lipinski definition) is 0. The zero-order valence-corrected chi connectivity index (χ0v) is 15.3. The minimum Gasteiger partial charge on any atom is -0.354 e. The van der Waals surface area contributed by atoms with Crippen molar-refractivity contribution in [1.82, 2.24) is 15.0 Å². The molecule has 0 unspecified atom stereocenters. The highest BCUT2D eigenvalue weighted by atomic mass is 19.1. The number of rotatable bonds is 0. The maximum absolute atomic E-state index is 14.2. The second-order valence-corrected chi connectivity index (χ2v) is 7.69. The summed E-state index contributed by atoms with van der Waals surface area (Å²) in [7, 11) is 0. The number of H-pyrrole nitrogens is 3. The highest BCUT2D eigenvalue weighted by Gasteiger charge is 2.21. The molecule has 144 valence electrons. The molecule has 3 nitrogen and oxygen atoms in total. The number of aromatic nitrogens is 3. The first-order valence-electron chi connectivity index (χ1n) is 9.53. The van der Waals surface area contributed by atoms with E-state index in [9.17, 15) is 13.2 Å². The minimum atomic E-state index is -0.354. The van der Waals surface area contributed by atoms with Gasteiger partial charge in [-0.2, -0.15) is 0 Å². The summed E-state index contributed by atoms with van der Waals surface area (Å²) in [5, 5.41) is 4.55. The van der Waals surface area contributed by atoms with E-state index in [1.165, 1.54) is 36.4 Å². The molecule has 7 rings (SSSR count). The fourth-order valence-corrected chi connectivity index (χ4v) is 4.83. The SMILES string of the molecule is Fc1ccc2[nH]c3c4[nH]c5ccc(F)cc5c4c4c5cc(F)ccc5[nH]c4c3c2c1. The van der Waals surface area contributed by atoms with Crippen LogP contribution in [0.2, 0.25) is 0 Å². The molecule has 3 N–H and O–H groups in total. The van der Waals surface area contributed by atoms with Crippen molar-refractivity contribution in [3.05, 3.63) is 72.0 Å². The van der Waals surface area contributed by atoms with Crippen LogP contribution in [0.25, 0.3) is 65.4 Å². The Balaban J connectivity index is 1.91. The van der Waals surface area contributed by atoms with Gasteiger partial charge in [-0.1, -0.05) is 0 Å². The summed E-state index contributed by atoms with van der Waals surface area (Å²) >= 11 is 0. The van der Waals surface area contributed by atoms with E-state index in [1.807, 2.05) is 0 Å². The Labute approximate surface area is 166 Å². The van der Waals surface area contributed by atoms with Crippen molar-refractivity contribution in [2.45, 2.75) is 0 Å². The van der Waals surface area contributed by atoms with Gasteiger partial charge in [-0.15, -0.1) is 0 Å². The van der Waals surface area contributed by atoms with Gasteiger partial charge >= 0.3 is 0 Å². The molecule has 0 saturated heterocycles. The van der Waals surface area contributed by atoms with E-state index in [-0.39, 0.29) is 17.5 Å². The van der Waals surface area contributed by atoms with Crippen molar-refractivity contribution in [3.8, 4) is 0 Å². The van der Waals surface area contributed by atoms with E-state index in [4.69, 9.17) is 0 Å². The first-order valence-corrected chi connectivity index (χ1v) is 9.53. The van der Waals surface area contributed by atoms with E-state index in [2.05, 4.69) is 15.0 Å². The van der Waals surface area contributed by atoms with E-state index in [0.717, 1.165) is 54.6 Å². The average Bonchev–Trinajstić information content (AvgIpc) is 3.38. The topological polar surface area (TPSA) is 47.4 Å². The first kappa shape index (κ1) is 15.9. The molecular weight excluding hydrogens is 387 g/mol. The number of halogens is 3. The summed E-state index contributed by atoms with van der Waals surface area (Å²) in [4.78, 5) is 10.2. The second kappa shape index (κ2) is 5.16. The van der Waals surface area contributed by atoms with Crippen LogP contribution in [-0.2, 0) is 0 Å². The lowest BCUT2D eigenvalue weighted by Gasteiger charge is -2.01. The van der Waals surface area contributed by atoms with Gasteiger partial charge in [-0.05, 0) is 54.6 Å². The van der Waals surface area contributed by atoms with Gasteiger partial charge in [0.25, 0.3) is 0 Å². The van der Waals surface area contributed by atoms with Crippen LogP contribution in [0, 0.1) is 17.5 Å². The summed E-state index contributed by atoms with van der Waals surface area (Å²) in [6.07, 6.45) is 0. The van der Waals surface area contributed by atoms with Crippen LogP contribution >= 0.6 is 0 Å². The molecule has 4 aromatic carbocycles. The molecular formula is C24H12F3N3. The number of hydrogen-bond donors (Lipinski definition) is 3. The minimum absolute atomic E-state index is 0.336. The normalized spacial score (nSPS) is 12.5. The van der Waals surface area contributed by atoms with Crippen LogP contribution in [-0.4, -0.2) is 15.0 Å². The number of benzene rings is 4. The standard InChI is InChI=1S/C24H12F3N3/c25-10-1-4-16-13(7-10)19-20-14-8-11(26)2-5-17(14)29-23(20)24-21(22(19)28-16)15-9-12(27)3-6-18(15)30-24/h1-9,28-30H. The maximum atomic E-state index is 14.2. The predicted molar refractivity (Wildman–Crippen MR) is 114 cm³/mol. The molecule has 0 saturated carbocycles. The number of nitrogens with one attached hydrogen (secondary N) is 3. The number of fused-ring (bicyclic) bond motifs is 12. The molecule has 30 heavy (non-hydrogen) atoms. The Hall–Kier alpha value is -3.93. The molecule has 0 aliphatic heterocycles. The third kappa shape index (κ3) is 1.86. The quantitative estimate of drug-likeness (QED) is 0.246. The van der Waals surface area contributed by atoms with E-state index in [1.54, 1.807) is 18.2 Å². The fraction of sp³-hybridized carbons (Fsp3) is 0. The molecule has 0 spiro atoms. The van der Waals surface area contributed by atoms with Gasteiger partial charge in [0.2, 0.25) is 0 Å². The molecule has 0 aliphatic carbocycles. The summed E-state index contributed by atoms with van der Waals surface area (Å²) in [6, 6.07) is 13.8. The van der Waals surface area contributed by atoms with Crippen molar-refractivity contribution < 1.29 is 13.2 Å². The number of aromatic amines is 3. The van der Waals surface area contributed by atoms with Crippen molar-refractivity contribution in [2.75, 3.05) is 0 Å². The van der Waals surface area contributed by atoms with Crippen molar-refractivity contribution in [2.24, 2.45) is 0 Å². The van der Waals surface area contributed by atoms with Crippen molar-refractivity contribution >= 4 is 65.4 Å². The lowest BCUT2D eigenvalue weighted by atomic mass is 10.0. The molecule has 7 aromatic rings. The Morgan fingerprint density at radius 3 is 1.30 bits per heavy atom. The predicted octanol–water partition coefficient (Wildman–Crippen LogP) is 7.01. The summed E-state index contributed by atoms with van der Waals surface area (Å²) in [5.74, 6) is -1.04. The average molecular weight is 399 g/mol.